The summed E-state index contributed by atoms with van der Waals surface area (Å²) in [6.45, 7) is 1.83. The van der Waals surface area contributed by atoms with Gasteiger partial charge in [-0.05, 0) is 13.0 Å². The molecule has 2 rings (SSSR count). The molecular formula is C9H7ClN4OS. The SMILES string of the molecule is Cc1nc(C(=O)Nc2nccc(Cl)n2)cs1. The van der Waals surface area contributed by atoms with E-state index in [2.05, 4.69) is 20.3 Å². The van der Waals surface area contributed by atoms with E-state index in [1.54, 1.807) is 5.38 Å². The van der Waals surface area contributed by atoms with Crippen LogP contribution >= 0.6 is 22.9 Å². The number of halogens is 1. The van der Waals surface area contributed by atoms with Crippen LogP contribution in [0.3, 0.4) is 0 Å². The third kappa shape index (κ3) is 2.53. The number of carbonyl (C=O) groups excluding carboxylic acids is 1. The molecule has 0 aliphatic rings. The number of nitrogens with one attached hydrogen (secondary N) is 1. The standard InChI is InChI=1S/C9H7ClN4OS/c1-5-12-6(4-16-5)8(15)14-9-11-3-2-7(10)13-9/h2-4H,1H3,(H,11,13,14,15). The topological polar surface area (TPSA) is 67.8 Å². The van der Waals surface area contributed by atoms with Crippen LogP contribution in [0.25, 0.3) is 0 Å². The van der Waals surface area contributed by atoms with Crippen LogP contribution in [0.4, 0.5) is 5.95 Å². The second kappa shape index (κ2) is 4.54. The van der Waals surface area contributed by atoms with Crippen LogP contribution < -0.4 is 5.32 Å². The van der Waals surface area contributed by atoms with Gasteiger partial charge < -0.3 is 0 Å². The minimum Gasteiger partial charge on any atom is -0.289 e. The average molecular weight is 255 g/mol. The summed E-state index contributed by atoms with van der Waals surface area (Å²) in [6, 6.07) is 1.53. The van der Waals surface area contributed by atoms with Gasteiger partial charge in [-0.3, -0.25) is 10.1 Å². The van der Waals surface area contributed by atoms with E-state index in [1.165, 1.54) is 23.6 Å². The lowest BCUT2D eigenvalue weighted by Gasteiger charge is -2.00. The molecule has 0 fully saturated rings. The smallest absolute Gasteiger partial charge is 0.277 e. The molecule has 0 aliphatic heterocycles. The maximum absolute atomic E-state index is 11.6. The average Bonchev–Trinajstić information content (AvgIpc) is 2.65. The first-order valence-electron chi connectivity index (χ1n) is 4.37. The zero-order valence-electron chi connectivity index (χ0n) is 8.27. The van der Waals surface area contributed by atoms with E-state index in [-0.39, 0.29) is 17.0 Å². The molecule has 0 bridgehead atoms. The minimum atomic E-state index is -0.341. The zero-order valence-corrected chi connectivity index (χ0v) is 9.84. The quantitative estimate of drug-likeness (QED) is 0.834. The maximum Gasteiger partial charge on any atom is 0.277 e. The monoisotopic (exact) mass is 254 g/mol. The van der Waals surface area contributed by atoms with Crippen molar-refractivity contribution in [3.63, 3.8) is 0 Å². The lowest BCUT2D eigenvalue weighted by Crippen LogP contribution is -2.14. The summed E-state index contributed by atoms with van der Waals surface area (Å²) < 4.78 is 0. The molecule has 2 heterocycles. The Kier molecular flexibility index (Phi) is 3.12. The highest BCUT2D eigenvalue weighted by Crippen LogP contribution is 2.10. The van der Waals surface area contributed by atoms with Gasteiger partial charge in [0.1, 0.15) is 10.8 Å². The summed E-state index contributed by atoms with van der Waals surface area (Å²) in [5.41, 5.74) is 0.353. The van der Waals surface area contributed by atoms with Gasteiger partial charge in [-0.2, -0.15) is 0 Å². The molecule has 0 atom stereocenters. The fourth-order valence-corrected chi connectivity index (χ4v) is 1.76. The largest absolute Gasteiger partial charge is 0.289 e. The highest BCUT2D eigenvalue weighted by Gasteiger charge is 2.10. The third-order valence-corrected chi connectivity index (χ3v) is 2.68. The van der Waals surface area contributed by atoms with Gasteiger partial charge >= 0.3 is 0 Å². The Morgan fingerprint density at radius 1 is 1.50 bits per heavy atom. The van der Waals surface area contributed by atoms with Gasteiger partial charge in [0.05, 0.1) is 5.01 Å². The van der Waals surface area contributed by atoms with Crippen molar-refractivity contribution in [1.29, 1.82) is 0 Å². The van der Waals surface area contributed by atoms with Crippen molar-refractivity contribution in [1.82, 2.24) is 15.0 Å². The fourth-order valence-electron chi connectivity index (χ4n) is 1.03. The van der Waals surface area contributed by atoms with E-state index in [9.17, 15) is 4.79 Å². The lowest BCUT2D eigenvalue weighted by molar-refractivity contribution is 0.102. The fraction of sp³-hybridized carbons (Fsp3) is 0.111. The van der Waals surface area contributed by atoms with Gasteiger partial charge in [-0.1, -0.05) is 11.6 Å². The molecule has 0 saturated heterocycles. The Hall–Kier alpha value is -1.53. The Morgan fingerprint density at radius 2 is 2.31 bits per heavy atom. The summed E-state index contributed by atoms with van der Waals surface area (Å²) in [6.07, 6.45) is 1.47. The van der Waals surface area contributed by atoms with Crippen LogP contribution in [0.5, 0.6) is 0 Å². The highest BCUT2D eigenvalue weighted by molar-refractivity contribution is 7.09. The summed E-state index contributed by atoms with van der Waals surface area (Å²) >= 11 is 7.07. The summed E-state index contributed by atoms with van der Waals surface area (Å²) in [5, 5.41) is 5.29. The Bertz CT molecular complexity index is 528. The van der Waals surface area contributed by atoms with E-state index in [0.717, 1.165) is 5.01 Å². The van der Waals surface area contributed by atoms with Crippen molar-refractivity contribution in [2.24, 2.45) is 0 Å². The predicted molar refractivity (Wildman–Crippen MR) is 61.8 cm³/mol. The molecule has 0 aromatic carbocycles. The van der Waals surface area contributed by atoms with Crippen molar-refractivity contribution in [2.75, 3.05) is 5.32 Å². The second-order valence-electron chi connectivity index (χ2n) is 2.91. The van der Waals surface area contributed by atoms with Gasteiger partial charge in [0.15, 0.2) is 0 Å². The summed E-state index contributed by atoms with van der Waals surface area (Å²) in [4.78, 5) is 23.4. The number of amides is 1. The number of hydrogen-bond acceptors (Lipinski definition) is 5. The molecule has 0 aliphatic carbocycles. The van der Waals surface area contributed by atoms with Crippen LogP contribution in [0.15, 0.2) is 17.6 Å². The molecule has 2 aromatic heterocycles. The minimum absolute atomic E-state index is 0.170. The Balaban J connectivity index is 2.13. The number of hydrogen-bond donors (Lipinski definition) is 1. The van der Waals surface area contributed by atoms with Gasteiger partial charge in [0.25, 0.3) is 5.91 Å². The van der Waals surface area contributed by atoms with Crippen molar-refractivity contribution in [3.05, 3.63) is 33.5 Å². The van der Waals surface area contributed by atoms with Gasteiger partial charge in [-0.25, -0.2) is 15.0 Å². The summed E-state index contributed by atoms with van der Waals surface area (Å²) in [5.74, 6) is -0.172. The molecule has 5 nitrogen and oxygen atoms in total. The first kappa shape index (κ1) is 11.0. The maximum atomic E-state index is 11.6. The molecule has 1 amide bonds. The number of rotatable bonds is 2. The van der Waals surface area contributed by atoms with Gasteiger partial charge in [0, 0.05) is 11.6 Å². The molecule has 1 N–H and O–H groups in total. The van der Waals surface area contributed by atoms with E-state index >= 15 is 0 Å². The van der Waals surface area contributed by atoms with Crippen molar-refractivity contribution in [2.45, 2.75) is 6.92 Å². The number of nitrogens with zero attached hydrogens (tertiary/aromatic N) is 3. The molecule has 82 valence electrons. The van der Waals surface area contributed by atoms with E-state index < -0.39 is 0 Å². The van der Waals surface area contributed by atoms with Gasteiger partial charge in [-0.15, -0.1) is 11.3 Å². The Labute approximate surface area is 101 Å². The van der Waals surface area contributed by atoms with Crippen LogP contribution in [-0.2, 0) is 0 Å². The van der Waals surface area contributed by atoms with Crippen LogP contribution in [0, 0.1) is 6.92 Å². The summed E-state index contributed by atoms with van der Waals surface area (Å²) in [7, 11) is 0. The van der Waals surface area contributed by atoms with E-state index in [1.807, 2.05) is 6.92 Å². The normalized spacial score (nSPS) is 10.1. The second-order valence-corrected chi connectivity index (χ2v) is 4.36. The highest BCUT2D eigenvalue weighted by atomic mass is 35.5. The molecule has 0 saturated carbocycles. The van der Waals surface area contributed by atoms with Crippen LogP contribution in [0.2, 0.25) is 5.15 Å². The third-order valence-electron chi connectivity index (χ3n) is 1.70. The van der Waals surface area contributed by atoms with Crippen molar-refractivity contribution in [3.8, 4) is 0 Å². The number of anilines is 1. The Morgan fingerprint density at radius 3 is 2.94 bits per heavy atom. The molecular weight excluding hydrogens is 248 g/mol. The molecule has 0 unspecified atom stereocenters. The van der Waals surface area contributed by atoms with Crippen LogP contribution in [0.1, 0.15) is 15.5 Å². The van der Waals surface area contributed by atoms with Crippen LogP contribution in [-0.4, -0.2) is 20.9 Å². The molecule has 7 heteroatoms. The molecule has 0 radical (unpaired) electrons. The molecule has 0 spiro atoms. The number of aryl methyl sites for hydroxylation is 1. The van der Waals surface area contributed by atoms with Gasteiger partial charge in [0.2, 0.25) is 5.95 Å². The number of aromatic nitrogens is 3. The lowest BCUT2D eigenvalue weighted by atomic mass is 10.4. The zero-order chi connectivity index (χ0) is 11.5. The first-order chi connectivity index (χ1) is 7.65. The van der Waals surface area contributed by atoms with E-state index in [4.69, 9.17) is 11.6 Å². The van der Waals surface area contributed by atoms with Crippen molar-refractivity contribution >= 4 is 34.8 Å². The molecule has 2 aromatic rings. The number of carbonyl (C=O) groups is 1. The van der Waals surface area contributed by atoms with E-state index in [0.29, 0.717) is 5.69 Å². The molecule has 16 heavy (non-hydrogen) atoms. The predicted octanol–water partition coefficient (Wildman–Crippen LogP) is 2.15. The first-order valence-corrected chi connectivity index (χ1v) is 5.63. The van der Waals surface area contributed by atoms with Crippen molar-refractivity contribution < 1.29 is 4.79 Å². The number of thiazole rings is 1.